The topological polar surface area (TPSA) is 133 Å². The van der Waals surface area contributed by atoms with E-state index in [1.165, 1.54) is 11.8 Å². The molecule has 2 aliphatic rings. The van der Waals surface area contributed by atoms with Gasteiger partial charge in [0.1, 0.15) is 24.4 Å². The molecule has 3 aromatic rings. The second-order valence-corrected chi connectivity index (χ2v) is 15.8. The van der Waals surface area contributed by atoms with Crippen molar-refractivity contribution < 1.29 is 37.1 Å². The van der Waals surface area contributed by atoms with Gasteiger partial charge in [0.15, 0.2) is 0 Å². The highest BCUT2D eigenvalue weighted by atomic mass is 32.2. The summed E-state index contributed by atoms with van der Waals surface area (Å²) in [5, 5.41) is 8.33. The summed E-state index contributed by atoms with van der Waals surface area (Å²) in [6.07, 6.45) is 2.89. The number of carbonyl (C=O) groups excluding carboxylic acids is 5. The molecule has 1 aromatic heterocycles. The molecule has 3 unspecified atom stereocenters. The normalized spacial score (nSPS) is 17.5. The van der Waals surface area contributed by atoms with Crippen molar-refractivity contribution in [2.24, 2.45) is 11.3 Å². The van der Waals surface area contributed by atoms with Crippen molar-refractivity contribution >= 4 is 41.3 Å². The van der Waals surface area contributed by atoms with Crippen LogP contribution in [0.2, 0.25) is 0 Å². The van der Waals surface area contributed by atoms with Gasteiger partial charge in [0, 0.05) is 92.5 Å². The number of benzene rings is 2. The monoisotopic (exact) mass is 780 g/mol. The maximum Gasteiger partial charge on any atom is 0.254 e. The number of hydrogen-bond donors (Lipinski definition) is 3. The van der Waals surface area contributed by atoms with Gasteiger partial charge >= 0.3 is 0 Å². The lowest BCUT2D eigenvalue weighted by molar-refractivity contribution is -0.141. The molecule has 5 rings (SSSR count). The smallest absolute Gasteiger partial charge is 0.254 e. The maximum atomic E-state index is 15.2. The molecule has 294 valence electrons. The minimum Gasteiger partial charge on any atom is -0.354 e. The van der Waals surface area contributed by atoms with Crippen LogP contribution in [0.5, 0.6) is 0 Å². The van der Waals surface area contributed by atoms with Crippen LogP contribution < -0.4 is 16.0 Å². The quantitative estimate of drug-likeness (QED) is 0.138. The van der Waals surface area contributed by atoms with Gasteiger partial charge in [-0.1, -0.05) is 51.1 Å². The van der Waals surface area contributed by atoms with Gasteiger partial charge in [-0.3, -0.25) is 28.9 Å². The number of amides is 5. The molecule has 0 bridgehead atoms. The Bertz CT molecular complexity index is 1880. The molecule has 11 nitrogen and oxygen atoms in total. The van der Waals surface area contributed by atoms with Crippen molar-refractivity contribution in [3.63, 3.8) is 0 Å². The summed E-state index contributed by atoms with van der Waals surface area (Å²) in [6.45, 7) is 6.86. The summed E-state index contributed by atoms with van der Waals surface area (Å²) in [6, 6.07) is 14.1. The number of carbonyl (C=O) groups is 5. The van der Waals surface area contributed by atoms with E-state index in [0.29, 0.717) is 30.1 Å². The van der Waals surface area contributed by atoms with Crippen molar-refractivity contribution in [1.29, 1.82) is 0 Å². The molecule has 5 amide bonds. The fourth-order valence-electron chi connectivity index (χ4n) is 6.78. The standard InChI is InChI=1S/C40H47F3N6O5S/c1-40(2,3)39(33-17-27(30-18-29(41)9-10-31(30)42)22-47(33)21-26-7-5-4-6-8-26)49(23-28-19-44-20-32(28)43)38(54)25-55-16-13-34(50)45-14-15-46-35(51)24-48-36(52)11-12-37(48)53/h4-12,17-18,22,28,32,39,44H,13-16,19-21,23-25H2,1-3H3,(H,45,50)(H,46,51). The number of hydrogen-bond acceptors (Lipinski definition) is 7. The molecule has 15 heteroatoms. The summed E-state index contributed by atoms with van der Waals surface area (Å²) in [7, 11) is 0. The number of halogens is 3. The summed E-state index contributed by atoms with van der Waals surface area (Å²) < 4.78 is 46.6. The summed E-state index contributed by atoms with van der Waals surface area (Å²) in [5.74, 6) is -3.50. The molecule has 0 aliphatic carbocycles. The lowest BCUT2D eigenvalue weighted by atomic mass is 9.82. The molecule has 0 spiro atoms. The Hall–Kier alpha value is -4.89. The van der Waals surface area contributed by atoms with Gasteiger partial charge in [0.2, 0.25) is 17.7 Å². The number of nitrogens with one attached hydrogen (secondary N) is 3. The zero-order valence-corrected chi connectivity index (χ0v) is 32.0. The van der Waals surface area contributed by atoms with E-state index in [0.717, 1.165) is 40.8 Å². The molecular weight excluding hydrogens is 734 g/mol. The fourth-order valence-corrected chi connectivity index (χ4v) is 7.60. The summed E-state index contributed by atoms with van der Waals surface area (Å²) in [5.41, 5.74) is 1.60. The first-order valence-corrected chi connectivity index (χ1v) is 19.3. The number of alkyl halides is 1. The van der Waals surface area contributed by atoms with E-state index in [2.05, 4.69) is 16.0 Å². The van der Waals surface area contributed by atoms with Gasteiger partial charge in [-0.15, -0.1) is 0 Å². The number of imide groups is 1. The Labute approximate surface area is 323 Å². The first-order chi connectivity index (χ1) is 26.2. The molecule has 2 aromatic carbocycles. The van der Waals surface area contributed by atoms with Crippen LogP contribution in [0.15, 0.2) is 72.9 Å². The van der Waals surface area contributed by atoms with Gasteiger partial charge in [-0.05, 0) is 35.2 Å². The van der Waals surface area contributed by atoms with Gasteiger partial charge in [-0.2, -0.15) is 11.8 Å². The van der Waals surface area contributed by atoms with Crippen LogP contribution in [0.1, 0.15) is 44.5 Å². The minimum atomic E-state index is -1.16. The third-order valence-corrected chi connectivity index (χ3v) is 10.4. The largest absolute Gasteiger partial charge is 0.354 e. The fraction of sp³-hybridized carbons (Fsp3) is 0.425. The second kappa shape index (κ2) is 18.6. The van der Waals surface area contributed by atoms with Crippen molar-refractivity contribution in [2.45, 2.75) is 46.0 Å². The summed E-state index contributed by atoms with van der Waals surface area (Å²) >= 11 is 1.27. The highest BCUT2D eigenvalue weighted by Crippen LogP contribution is 2.42. The Morgan fingerprint density at radius 1 is 0.964 bits per heavy atom. The molecule has 2 aliphatic heterocycles. The SMILES string of the molecule is CC(C)(C)C(c1cc(-c2cc(F)ccc2F)cn1Cc1ccccc1)N(CC1CNCC1F)C(=O)CSCCC(=O)NCCNC(=O)CN1C(=O)C=CC1=O. The zero-order chi connectivity index (χ0) is 39.7. The molecule has 1 saturated heterocycles. The van der Waals surface area contributed by atoms with Crippen molar-refractivity contribution in [2.75, 3.05) is 50.8 Å². The number of nitrogens with zero attached hydrogens (tertiary/aromatic N) is 3. The molecule has 55 heavy (non-hydrogen) atoms. The third kappa shape index (κ3) is 11.1. The van der Waals surface area contributed by atoms with E-state index in [4.69, 9.17) is 0 Å². The zero-order valence-electron chi connectivity index (χ0n) is 31.2. The van der Waals surface area contributed by atoms with Gasteiger partial charge in [-0.25, -0.2) is 13.2 Å². The van der Waals surface area contributed by atoms with Crippen LogP contribution in [-0.4, -0.2) is 101 Å². The van der Waals surface area contributed by atoms with Crippen LogP contribution in [0.4, 0.5) is 13.2 Å². The van der Waals surface area contributed by atoms with E-state index in [1.54, 1.807) is 17.2 Å². The van der Waals surface area contributed by atoms with E-state index >= 15 is 8.78 Å². The van der Waals surface area contributed by atoms with Gasteiger partial charge < -0.3 is 25.4 Å². The van der Waals surface area contributed by atoms with Crippen LogP contribution >= 0.6 is 11.8 Å². The average molecular weight is 781 g/mol. The number of aromatic nitrogens is 1. The van der Waals surface area contributed by atoms with E-state index in [1.807, 2.05) is 55.7 Å². The van der Waals surface area contributed by atoms with Gasteiger partial charge in [0.25, 0.3) is 11.8 Å². The Morgan fingerprint density at radius 3 is 2.31 bits per heavy atom. The highest BCUT2D eigenvalue weighted by Gasteiger charge is 2.40. The molecule has 0 radical (unpaired) electrons. The average Bonchev–Trinajstić information content (AvgIpc) is 3.83. The summed E-state index contributed by atoms with van der Waals surface area (Å²) in [4.78, 5) is 64.7. The molecule has 1 fully saturated rings. The number of rotatable bonds is 17. The van der Waals surface area contributed by atoms with E-state index < -0.39 is 59.4 Å². The van der Waals surface area contributed by atoms with Crippen molar-refractivity contribution in [3.8, 4) is 11.1 Å². The third-order valence-electron chi connectivity index (χ3n) is 9.46. The first kappa shape index (κ1) is 41.3. The van der Waals surface area contributed by atoms with Crippen molar-refractivity contribution in [3.05, 3.63) is 95.8 Å². The first-order valence-electron chi connectivity index (χ1n) is 18.2. The maximum absolute atomic E-state index is 15.2. The molecule has 3 atom stereocenters. The Morgan fingerprint density at radius 2 is 1.65 bits per heavy atom. The second-order valence-electron chi connectivity index (χ2n) is 14.7. The van der Waals surface area contributed by atoms with Crippen LogP contribution in [0, 0.1) is 23.0 Å². The van der Waals surface area contributed by atoms with Crippen molar-refractivity contribution in [1.82, 2.24) is 30.3 Å². The lowest BCUT2D eigenvalue weighted by Crippen LogP contribution is -2.46. The van der Waals surface area contributed by atoms with E-state index in [9.17, 15) is 28.4 Å². The molecule has 3 N–H and O–H groups in total. The predicted octanol–water partition coefficient (Wildman–Crippen LogP) is 4.24. The van der Waals surface area contributed by atoms with Crippen LogP contribution in [0.3, 0.4) is 0 Å². The highest BCUT2D eigenvalue weighted by molar-refractivity contribution is 7.99. The predicted molar refractivity (Wildman–Crippen MR) is 204 cm³/mol. The Kier molecular flexibility index (Phi) is 14.0. The lowest BCUT2D eigenvalue weighted by Gasteiger charge is -2.42. The molecule has 0 saturated carbocycles. The van der Waals surface area contributed by atoms with Crippen LogP contribution in [-0.2, 0) is 30.5 Å². The Balaban J connectivity index is 1.28. The van der Waals surface area contributed by atoms with E-state index in [-0.39, 0.29) is 55.7 Å². The minimum absolute atomic E-state index is 0.0145. The van der Waals surface area contributed by atoms with Gasteiger partial charge in [0.05, 0.1) is 11.8 Å². The number of thioether (sulfide) groups is 1. The molecule has 3 heterocycles. The van der Waals surface area contributed by atoms with Crippen LogP contribution in [0.25, 0.3) is 11.1 Å². The molecular formula is C40H47F3N6O5S.